The Bertz CT molecular complexity index is 301. The van der Waals surface area contributed by atoms with Crippen LogP contribution in [0.25, 0.3) is 0 Å². The molecule has 0 amide bonds. The summed E-state index contributed by atoms with van der Waals surface area (Å²) in [6.45, 7) is 3.39. The predicted octanol–water partition coefficient (Wildman–Crippen LogP) is 0.817. The summed E-state index contributed by atoms with van der Waals surface area (Å²) < 4.78 is 13.5. The Morgan fingerprint density at radius 1 is 1.29 bits per heavy atom. The van der Waals surface area contributed by atoms with Crippen LogP contribution in [0.1, 0.15) is 0 Å². The van der Waals surface area contributed by atoms with Crippen LogP contribution < -0.4 is 16.0 Å². The van der Waals surface area contributed by atoms with Crippen LogP contribution >= 0.6 is 0 Å². The zero-order chi connectivity index (χ0) is 9.97. The fourth-order valence-electron chi connectivity index (χ4n) is 1.75. The van der Waals surface area contributed by atoms with Crippen molar-refractivity contribution in [3.8, 4) is 0 Å². The lowest BCUT2D eigenvalue weighted by atomic mass is 10.2. The van der Waals surface area contributed by atoms with Crippen LogP contribution in [0.15, 0.2) is 18.2 Å². The third-order valence-corrected chi connectivity index (χ3v) is 2.45. The highest BCUT2D eigenvalue weighted by molar-refractivity contribution is 5.68. The van der Waals surface area contributed by atoms with Gasteiger partial charge >= 0.3 is 0 Å². The first-order chi connectivity index (χ1) is 6.79. The van der Waals surface area contributed by atoms with E-state index in [-0.39, 0.29) is 5.82 Å². The lowest BCUT2D eigenvalue weighted by Crippen LogP contribution is -2.44. The molecule has 0 bridgehead atoms. The van der Waals surface area contributed by atoms with E-state index in [4.69, 9.17) is 5.73 Å². The van der Waals surface area contributed by atoms with Gasteiger partial charge < -0.3 is 16.0 Å². The van der Waals surface area contributed by atoms with Crippen LogP contribution in [0.2, 0.25) is 0 Å². The van der Waals surface area contributed by atoms with Gasteiger partial charge in [0.15, 0.2) is 0 Å². The quantitative estimate of drug-likeness (QED) is 0.652. The van der Waals surface area contributed by atoms with Crippen molar-refractivity contribution in [2.45, 2.75) is 0 Å². The van der Waals surface area contributed by atoms with E-state index in [0.29, 0.717) is 11.4 Å². The van der Waals surface area contributed by atoms with E-state index < -0.39 is 0 Å². The third kappa shape index (κ3) is 1.65. The maximum absolute atomic E-state index is 13.5. The average molecular weight is 195 g/mol. The number of nitrogens with two attached hydrogens (primary N) is 1. The highest BCUT2D eigenvalue weighted by Gasteiger charge is 2.16. The highest BCUT2D eigenvalue weighted by Crippen LogP contribution is 2.26. The van der Waals surface area contributed by atoms with E-state index in [1.54, 1.807) is 12.1 Å². The molecule has 3 N–H and O–H groups in total. The highest BCUT2D eigenvalue weighted by atomic mass is 19.1. The van der Waals surface area contributed by atoms with E-state index >= 15 is 0 Å². The summed E-state index contributed by atoms with van der Waals surface area (Å²) >= 11 is 0. The first kappa shape index (κ1) is 9.27. The first-order valence-electron chi connectivity index (χ1n) is 4.78. The first-order valence-corrected chi connectivity index (χ1v) is 4.78. The molecule has 0 saturated carbocycles. The van der Waals surface area contributed by atoms with E-state index in [9.17, 15) is 4.39 Å². The second-order valence-electron chi connectivity index (χ2n) is 3.41. The Hall–Kier alpha value is -1.29. The van der Waals surface area contributed by atoms with E-state index in [0.717, 1.165) is 26.2 Å². The van der Waals surface area contributed by atoms with Crippen molar-refractivity contribution in [1.82, 2.24) is 5.32 Å². The molecule has 0 aromatic heterocycles. The Balaban J connectivity index is 2.29. The summed E-state index contributed by atoms with van der Waals surface area (Å²) in [4.78, 5) is 1.99. The van der Waals surface area contributed by atoms with Gasteiger partial charge in [0.2, 0.25) is 0 Å². The van der Waals surface area contributed by atoms with Gasteiger partial charge in [-0.2, -0.15) is 0 Å². The minimum atomic E-state index is -0.230. The third-order valence-electron chi connectivity index (χ3n) is 2.45. The number of nitrogens with zero attached hydrogens (tertiary/aromatic N) is 1. The number of hydrogen-bond acceptors (Lipinski definition) is 3. The maximum atomic E-state index is 13.5. The molecule has 0 unspecified atom stereocenters. The number of halogens is 1. The van der Waals surface area contributed by atoms with Gasteiger partial charge in [-0.25, -0.2) is 4.39 Å². The number of nitrogen functional groups attached to an aromatic ring is 1. The van der Waals surface area contributed by atoms with Crippen molar-refractivity contribution in [3.63, 3.8) is 0 Å². The van der Waals surface area contributed by atoms with E-state index in [1.807, 2.05) is 4.90 Å². The van der Waals surface area contributed by atoms with Crippen LogP contribution in [-0.2, 0) is 0 Å². The standard InChI is InChI=1S/C10H14FN3/c11-8-2-1-3-9(12)10(8)14-6-4-13-5-7-14/h1-3,13H,4-7,12H2. The van der Waals surface area contributed by atoms with Gasteiger partial charge in [0.25, 0.3) is 0 Å². The summed E-state index contributed by atoms with van der Waals surface area (Å²) in [5.74, 6) is -0.230. The Morgan fingerprint density at radius 2 is 2.00 bits per heavy atom. The van der Waals surface area contributed by atoms with Crippen LogP contribution in [0.5, 0.6) is 0 Å². The molecular weight excluding hydrogens is 181 g/mol. The summed E-state index contributed by atoms with van der Waals surface area (Å²) in [6.07, 6.45) is 0. The molecule has 1 saturated heterocycles. The largest absolute Gasteiger partial charge is 0.397 e. The molecule has 1 aromatic rings. The molecule has 76 valence electrons. The average Bonchev–Trinajstić information content (AvgIpc) is 2.19. The second kappa shape index (κ2) is 3.84. The Morgan fingerprint density at radius 3 is 2.64 bits per heavy atom. The molecule has 1 aliphatic rings. The van der Waals surface area contributed by atoms with Crippen molar-refractivity contribution < 1.29 is 4.39 Å². The number of para-hydroxylation sites is 1. The Kier molecular flexibility index (Phi) is 2.54. The SMILES string of the molecule is Nc1cccc(F)c1N1CCNCC1. The second-order valence-corrected chi connectivity index (χ2v) is 3.41. The molecule has 0 radical (unpaired) electrons. The summed E-state index contributed by atoms with van der Waals surface area (Å²) in [5, 5.41) is 3.22. The molecule has 1 heterocycles. The van der Waals surface area contributed by atoms with Crippen molar-refractivity contribution >= 4 is 11.4 Å². The Labute approximate surface area is 82.7 Å². The molecule has 1 fully saturated rings. The van der Waals surface area contributed by atoms with Gasteiger partial charge in [-0.05, 0) is 12.1 Å². The molecule has 4 heteroatoms. The van der Waals surface area contributed by atoms with Crippen LogP contribution in [0, 0.1) is 5.82 Å². The summed E-state index contributed by atoms with van der Waals surface area (Å²) in [5.41, 5.74) is 6.82. The number of nitrogens with one attached hydrogen (secondary N) is 1. The van der Waals surface area contributed by atoms with Gasteiger partial charge in [-0.15, -0.1) is 0 Å². The van der Waals surface area contributed by atoms with Crippen LogP contribution in [0.4, 0.5) is 15.8 Å². The minimum absolute atomic E-state index is 0.230. The topological polar surface area (TPSA) is 41.3 Å². The van der Waals surface area contributed by atoms with Crippen molar-refractivity contribution in [1.29, 1.82) is 0 Å². The fraction of sp³-hybridized carbons (Fsp3) is 0.400. The molecule has 0 aliphatic carbocycles. The zero-order valence-corrected chi connectivity index (χ0v) is 7.96. The van der Waals surface area contributed by atoms with Crippen molar-refractivity contribution in [2.75, 3.05) is 36.8 Å². The summed E-state index contributed by atoms with van der Waals surface area (Å²) in [7, 11) is 0. The van der Waals surface area contributed by atoms with Gasteiger partial charge in [-0.1, -0.05) is 6.07 Å². The number of piperazine rings is 1. The van der Waals surface area contributed by atoms with Crippen molar-refractivity contribution in [2.24, 2.45) is 0 Å². The maximum Gasteiger partial charge on any atom is 0.148 e. The van der Waals surface area contributed by atoms with Gasteiger partial charge in [-0.3, -0.25) is 0 Å². The lowest BCUT2D eigenvalue weighted by molar-refractivity contribution is 0.567. The van der Waals surface area contributed by atoms with E-state index in [2.05, 4.69) is 5.32 Å². The number of benzene rings is 1. The van der Waals surface area contributed by atoms with Crippen molar-refractivity contribution in [3.05, 3.63) is 24.0 Å². The smallest absolute Gasteiger partial charge is 0.148 e. The lowest BCUT2D eigenvalue weighted by Gasteiger charge is -2.30. The molecule has 2 rings (SSSR count). The van der Waals surface area contributed by atoms with E-state index in [1.165, 1.54) is 6.07 Å². The summed E-state index contributed by atoms with van der Waals surface area (Å²) in [6, 6.07) is 4.82. The van der Waals surface area contributed by atoms with Crippen LogP contribution in [0.3, 0.4) is 0 Å². The monoisotopic (exact) mass is 195 g/mol. The van der Waals surface area contributed by atoms with Crippen LogP contribution in [-0.4, -0.2) is 26.2 Å². The molecule has 0 spiro atoms. The number of rotatable bonds is 1. The molecule has 3 nitrogen and oxygen atoms in total. The fourth-order valence-corrected chi connectivity index (χ4v) is 1.75. The minimum Gasteiger partial charge on any atom is -0.397 e. The predicted molar refractivity (Wildman–Crippen MR) is 55.9 cm³/mol. The molecule has 0 atom stereocenters. The molecular formula is C10H14FN3. The number of anilines is 2. The van der Waals surface area contributed by atoms with Gasteiger partial charge in [0, 0.05) is 26.2 Å². The molecule has 1 aromatic carbocycles. The zero-order valence-electron chi connectivity index (χ0n) is 7.96. The molecule has 1 aliphatic heterocycles. The number of hydrogen-bond donors (Lipinski definition) is 2. The normalized spacial score (nSPS) is 17.1. The van der Waals surface area contributed by atoms with Gasteiger partial charge in [0.1, 0.15) is 5.82 Å². The molecule has 14 heavy (non-hydrogen) atoms. The van der Waals surface area contributed by atoms with Gasteiger partial charge in [0.05, 0.1) is 11.4 Å².